The van der Waals surface area contributed by atoms with Gasteiger partial charge in [0.25, 0.3) is 0 Å². The van der Waals surface area contributed by atoms with Crippen LogP contribution in [0.15, 0.2) is 0 Å². The van der Waals surface area contributed by atoms with Crippen molar-refractivity contribution in [1.82, 2.24) is 0 Å². The zero-order valence-electron chi connectivity index (χ0n) is 2.91. The van der Waals surface area contributed by atoms with Crippen LogP contribution < -0.4 is 0 Å². The highest BCUT2D eigenvalue weighted by molar-refractivity contribution is 6.85. The Hall–Kier alpha value is 0.540. The molecule has 0 amide bonds. The number of aliphatic hydroxyl groups is 1. The molecule has 0 fully saturated rings. The first-order chi connectivity index (χ1) is 2.41. The van der Waals surface area contributed by atoms with E-state index >= 15 is 0 Å². The third-order valence-electron chi connectivity index (χ3n) is 0. The smallest absolute Gasteiger partial charge is 0.0402 e. The fourth-order valence-electron chi connectivity index (χ4n) is 0. The summed E-state index contributed by atoms with van der Waals surface area (Å²) in [6.45, 7) is 1.93. The van der Waals surface area contributed by atoms with E-state index in [0.29, 0.717) is 0 Å². The van der Waals surface area contributed by atoms with Gasteiger partial charge in [0.05, 0.1) is 0 Å². The Bertz CT molecular complexity index is 7.61. The van der Waals surface area contributed by atoms with Crippen molar-refractivity contribution in [2.75, 3.05) is 6.61 Å². The maximum Gasteiger partial charge on any atom is 0.0402 e. The largest absolute Gasteiger partial charge is 0.397 e. The maximum atomic E-state index is 7.57. The van der Waals surface area contributed by atoms with Gasteiger partial charge in [0.2, 0.25) is 0 Å². The van der Waals surface area contributed by atoms with Crippen LogP contribution in [0.3, 0.4) is 0 Å². The summed E-state index contributed by atoms with van der Waals surface area (Å²) in [5.74, 6) is 0. The van der Waals surface area contributed by atoms with Crippen molar-refractivity contribution in [3.63, 3.8) is 0 Å². The van der Waals surface area contributed by atoms with Crippen molar-refractivity contribution in [3.05, 3.63) is 0 Å². The molecule has 0 bridgehead atoms. The van der Waals surface area contributed by atoms with Crippen LogP contribution in [0.2, 0.25) is 0 Å². The van der Waals surface area contributed by atoms with Gasteiger partial charge in [-0.3, -0.25) is 0 Å². The standard InChI is InChI=1S/C2H6O.Cl2/c1-2-3;1-2/h3H,2H2,1H3;. The Balaban J connectivity index is 0. The second-order valence-electron chi connectivity index (χ2n) is 0.316. The number of hydrogen-bond donors (Lipinski definition) is 1. The van der Waals surface area contributed by atoms with Gasteiger partial charge in [-0.15, -0.1) is 0 Å². The summed E-state index contributed by atoms with van der Waals surface area (Å²) in [5.41, 5.74) is 0. The summed E-state index contributed by atoms with van der Waals surface area (Å²) in [6, 6.07) is 0. The summed E-state index contributed by atoms with van der Waals surface area (Å²) in [7, 11) is 8.22. The first-order valence-corrected chi connectivity index (χ1v) is 2.31. The SMILES string of the molecule is CCO.ClCl. The molecule has 0 aliphatic heterocycles. The highest BCUT2D eigenvalue weighted by Gasteiger charge is 1.34. The fraction of sp³-hybridized carbons (Fsp3) is 1.00. The normalized spacial score (nSPS) is 4.80. The molecule has 0 unspecified atom stereocenters. The minimum Gasteiger partial charge on any atom is -0.397 e. The Morgan fingerprint density at radius 3 is 1.60 bits per heavy atom. The minimum atomic E-state index is 0.250. The topological polar surface area (TPSA) is 20.2 Å². The number of aliphatic hydroxyl groups excluding tert-OH is 1. The fourth-order valence-corrected chi connectivity index (χ4v) is 0. The van der Waals surface area contributed by atoms with Crippen molar-refractivity contribution in [3.8, 4) is 0 Å². The molecule has 0 saturated heterocycles. The van der Waals surface area contributed by atoms with Crippen molar-refractivity contribution >= 4 is 21.7 Å². The summed E-state index contributed by atoms with van der Waals surface area (Å²) in [5, 5.41) is 7.57. The Kier molecular flexibility index (Phi) is 43.7. The van der Waals surface area contributed by atoms with E-state index in [-0.39, 0.29) is 6.61 Å². The van der Waals surface area contributed by atoms with Crippen molar-refractivity contribution in [2.45, 2.75) is 6.92 Å². The summed E-state index contributed by atoms with van der Waals surface area (Å²) >= 11 is 0. The number of rotatable bonds is 0. The predicted molar refractivity (Wildman–Crippen MR) is 24.5 cm³/mol. The lowest BCUT2D eigenvalue weighted by Gasteiger charge is -1.52. The summed E-state index contributed by atoms with van der Waals surface area (Å²) in [6.07, 6.45) is 0. The van der Waals surface area contributed by atoms with Gasteiger partial charge >= 0.3 is 0 Å². The van der Waals surface area contributed by atoms with E-state index in [2.05, 4.69) is 21.7 Å². The van der Waals surface area contributed by atoms with E-state index in [0.717, 1.165) is 0 Å². The Morgan fingerprint density at radius 2 is 1.60 bits per heavy atom. The second-order valence-corrected chi connectivity index (χ2v) is 0.316. The van der Waals surface area contributed by atoms with Crippen LogP contribution >= 0.6 is 21.7 Å². The van der Waals surface area contributed by atoms with Crippen LogP contribution in [-0.2, 0) is 0 Å². The van der Waals surface area contributed by atoms with Gasteiger partial charge in [0.15, 0.2) is 0 Å². The van der Waals surface area contributed by atoms with Gasteiger partial charge in [-0.25, -0.2) is 0 Å². The lowest BCUT2D eigenvalue weighted by molar-refractivity contribution is 0.318. The molecule has 1 nitrogen and oxygen atoms in total. The van der Waals surface area contributed by atoms with Gasteiger partial charge in [-0.05, 0) is 6.92 Å². The molecule has 0 atom stereocenters. The van der Waals surface area contributed by atoms with Gasteiger partial charge in [0, 0.05) is 28.3 Å². The first kappa shape index (κ1) is 9.11. The van der Waals surface area contributed by atoms with Gasteiger partial charge in [0.1, 0.15) is 0 Å². The van der Waals surface area contributed by atoms with Crippen LogP contribution in [0, 0.1) is 0 Å². The van der Waals surface area contributed by atoms with Gasteiger partial charge < -0.3 is 5.11 Å². The molecular weight excluding hydrogens is 111 g/mol. The van der Waals surface area contributed by atoms with Crippen molar-refractivity contribution < 1.29 is 5.11 Å². The van der Waals surface area contributed by atoms with E-state index in [1.54, 1.807) is 6.92 Å². The lowest BCUT2D eigenvalue weighted by Crippen LogP contribution is -1.57. The molecule has 0 radical (unpaired) electrons. The second kappa shape index (κ2) is 24.0. The molecule has 0 aromatic carbocycles. The molecule has 0 heterocycles. The van der Waals surface area contributed by atoms with E-state index in [9.17, 15) is 0 Å². The van der Waals surface area contributed by atoms with E-state index in [4.69, 9.17) is 5.11 Å². The Labute approximate surface area is 41.1 Å². The molecule has 0 saturated carbocycles. The first-order valence-electron chi connectivity index (χ1n) is 1.17. The molecule has 0 spiro atoms. The molecule has 0 aromatic rings. The van der Waals surface area contributed by atoms with E-state index in [1.165, 1.54) is 0 Å². The Morgan fingerprint density at radius 1 is 1.60 bits per heavy atom. The molecule has 0 rings (SSSR count). The van der Waals surface area contributed by atoms with E-state index < -0.39 is 0 Å². The third-order valence-corrected chi connectivity index (χ3v) is 0. The zero-order chi connectivity index (χ0) is 4.71. The summed E-state index contributed by atoms with van der Waals surface area (Å²) in [4.78, 5) is 0. The number of halogens is 2. The van der Waals surface area contributed by atoms with E-state index in [1.807, 2.05) is 0 Å². The highest BCUT2D eigenvalue weighted by Crippen LogP contribution is 1.69. The third kappa shape index (κ3) is 100. The number of hydrogen-bond acceptors (Lipinski definition) is 1. The average Bonchev–Trinajstić information content (AvgIpc) is 1.46. The van der Waals surface area contributed by atoms with Crippen molar-refractivity contribution in [1.29, 1.82) is 0 Å². The van der Waals surface area contributed by atoms with Crippen LogP contribution in [0.4, 0.5) is 0 Å². The quantitative estimate of drug-likeness (QED) is 0.508. The van der Waals surface area contributed by atoms with Crippen LogP contribution in [0.25, 0.3) is 0 Å². The maximum absolute atomic E-state index is 7.57. The molecular formula is C2H6Cl2O. The zero-order valence-corrected chi connectivity index (χ0v) is 4.42. The van der Waals surface area contributed by atoms with Crippen molar-refractivity contribution in [2.24, 2.45) is 0 Å². The van der Waals surface area contributed by atoms with Gasteiger partial charge in [-0.2, -0.15) is 0 Å². The monoisotopic (exact) mass is 116 g/mol. The van der Waals surface area contributed by atoms with Gasteiger partial charge in [-0.1, -0.05) is 0 Å². The molecule has 3 heteroatoms. The molecule has 0 aliphatic rings. The summed E-state index contributed by atoms with van der Waals surface area (Å²) < 4.78 is 0. The minimum absolute atomic E-state index is 0.250. The highest BCUT2D eigenvalue weighted by atomic mass is 36.5. The average molecular weight is 117 g/mol. The molecule has 0 aromatic heterocycles. The van der Waals surface area contributed by atoms with Crippen LogP contribution in [0.1, 0.15) is 6.92 Å². The van der Waals surface area contributed by atoms with Crippen LogP contribution in [-0.4, -0.2) is 11.7 Å². The van der Waals surface area contributed by atoms with Crippen LogP contribution in [0.5, 0.6) is 0 Å². The predicted octanol–water partition coefficient (Wildman–Crippen LogP) is 1.38. The molecule has 34 valence electrons. The molecule has 0 aliphatic carbocycles. The molecule has 5 heavy (non-hydrogen) atoms. The molecule has 1 N–H and O–H groups in total. The lowest BCUT2D eigenvalue weighted by atomic mass is 10.9.